The van der Waals surface area contributed by atoms with Crippen molar-refractivity contribution in [2.75, 3.05) is 0 Å². The second kappa shape index (κ2) is 2.88. The van der Waals surface area contributed by atoms with Gasteiger partial charge in [-0.25, -0.2) is 0 Å². The molecule has 0 amide bonds. The Balaban J connectivity index is 0.000000720. The smallest absolute Gasteiger partial charge is 0.00702 e. The zero-order chi connectivity index (χ0) is 8.22. The molecular weight excluding hydrogens is 170 g/mol. The highest BCUT2D eigenvalue weighted by Crippen LogP contribution is 2.60. The summed E-state index contributed by atoms with van der Waals surface area (Å²) in [5, 5.41) is 0. The van der Waals surface area contributed by atoms with Gasteiger partial charge in [0, 0.05) is 6.04 Å². The Kier molecular flexibility index (Phi) is 2.48. The number of hydrogen-bond donors (Lipinski definition) is 1. The molecule has 3 fully saturated rings. The van der Waals surface area contributed by atoms with Gasteiger partial charge in [-0.05, 0) is 36.0 Å². The van der Waals surface area contributed by atoms with Gasteiger partial charge in [-0.3, -0.25) is 0 Å². The Bertz CT molecular complexity index is 179. The molecule has 3 rings (SSSR count). The fraction of sp³-hybridized carbons (Fsp3) is 1.00. The van der Waals surface area contributed by atoms with Crippen LogP contribution >= 0.6 is 12.4 Å². The third kappa shape index (κ3) is 1.10. The van der Waals surface area contributed by atoms with E-state index in [0.29, 0.717) is 11.5 Å². The highest BCUT2D eigenvalue weighted by atomic mass is 35.5. The lowest BCUT2D eigenvalue weighted by molar-refractivity contribution is -0.108. The van der Waals surface area contributed by atoms with Crippen LogP contribution in [0.5, 0.6) is 0 Å². The topological polar surface area (TPSA) is 26.0 Å². The molecule has 12 heavy (non-hydrogen) atoms. The zero-order valence-electron chi connectivity index (χ0n) is 8.21. The Morgan fingerprint density at radius 2 is 1.83 bits per heavy atom. The Morgan fingerprint density at radius 3 is 2.17 bits per heavy atom. The summed E-state index contributed by atoms with van der Waals surface area (Å²) in [6, 6.07) is 0.492. The molecule has 0 aromatic heterocycles. The Labute approximate surface area is 81.5 Å². The predicted octanol–water partition coefficient (Wildman–Crippen LogP) is 2.44. The third-order valence-corrected chi connectivity index (χ3v) is 4.41. The van der Waals surface area contributed by atoms with Gasteiger partial charge in [0.25, 0.3) is 0 Å². The maximum Gasteiger partial charge on any atom is 0.00702 e. The zero-order valence-corrected chi connectivity index (χ0v) is 9.03. The van der Waals surface area contributed by atoms with E-state index < -0.39 is 0 Å². The molecule has 0 aliphatic heterocycles. The normalized spacial score (nSPS) is 49.0. The number of nitrogens with two attached hydrogens (primary N) is 1. The van der Waals surface area contributed by atoms with E-state index in [0.717, 1.165) is 17.8 Å². The van der Waals surface area contributed by atoms with Crippen molar-refractivity contribution in [3.05, 3.63) is 0 Å². The summed E-state index contributed by atoms with van der Waals surface area (Å²) >= 11 is 0. The van der Waals surface area contributed by atoms with Crippen molar-refractivity contribution < 1.29 is 0 Å². The lowest BCUT2D eigenvalue weighted by Crippen LogP contribution is -2.58. The number of halogens is 1. The summed E-state index contributed by atoms with van der Waals surface area (Å²) in [4.78, 5) is 0. The second-order valence-electron chi connectivity index (χ2n) is 5.12. The van der Waals surface area contributed by atoms with Crippen molar-refractivity contribution in [2.45, 2.75) is 39.7 Å². The SMILES string of the molecule is C[C@@H]1[C@@H](N)C[C@H]2C[C@@H]1C2(C)C.Cl. The van der Waals surface area contributed by atoms with Crippen molar-refractivity contribution in [3.8, 4) is 0 Å². The van der Waals surface area contributed by atoms with Crippen LogP contribution in [0.15, 0.2) is 0 Å². The fourth-order valence-electron chi connectivity index (χ4n) is 3.19. The lowest BCUT2D eigenvalue weighted by Gasteiger charge is -2.61. The summed E-state index contributed by atoms with van der Waals surface area (Å²) in [6.45, 7) is 7.15. The van der Waals surface area contributed by atoms with Crippen LogP contribution in [0, 0.1) is 23.2 Å². The Hall–Kier alpha value is 0.250. The van der Waals surface area contributed by atoms with Crippen LogP contribution < -0.4 is 5.73 Å². The van der Waals surface area contributed by atoms with E-state index in [2.05, 4.69) is 20.8 Å². The van der Waals surface area contributed by atoms with Gasteiger partial charge in [-0.15, -0.1) is 12.4 Å². The number of hydrogen-bond acceptors (Lipinski definition) is 1. The van der Waals surface area contributed by atoms with Crippen molar-refractivity contribution in [1.29, 1.82) is 0 Å². The maximum absolute atomic E-state index is 6.02. The Morgan fingerprint density at radius 1 is 1.25 bits per heavy atom. The molecule has 0 aromatic rings. The van der Waals surface area contributed by atoms with Gasteiger partial charge in [-0.1, -0.05) is 20.8 Å². The molecule has 3 saturated carbocycles. The predicted molar refractivity (Wildman–Crippen MR) is 54.4 cm³/mol. The van der Waals surface area contributed by atoms with E-state index >= 15 is 0 Å². The molecule has 1 nitrogen and oxygen atoms in total. The molecule has 0 radical (unpaired) electrons. The van der Waals surface area contributed by atoms with Gasteiger partial charge in [-0.2, -0.15) is 0 Å². The minimum Gasteiger partial charge on any atom is -0.327 e. The van der Waals surface area contributed by atoms with Crippen molar-refractivity contribution in [3.63, 3.8) is 0 Å². The molecular formula is C10H20ClN. The van der Waals surface area contributed by atoms with E-state index in [1.165, 1.54) is 12.8 Å². The van der Waals surface area contributed by atoms with Crippen molar-refractivity contribution >= 4 is 12.4 Å². The van der Waals surface area contributed by atoms with E-state index in [4.69, 9.17) is 5.73 Å². The van der Waals surface area contributed by atoms with Crippen LogP contribution in [0.4, 0.5) is 0 Å². The summed E-state index contributed by atoms with van der Waals surface area (Å²) in [5.41, 5.74) is 6.63. The van der Waals surface area contributed by atoms with Gasteiger partial charge < -0.3 is 5.73 Å². The minimum absolute atomic E-state index is 0. The summed E-state index contributed by atoms with van der Waals surface area (Å²) in [5.74, 6) is 2.60. The molecule has 0 unspecified atom stereocenters. The molecule has 0 saturated heterocycles. The van der Waals surface area contributed by atoms with Gasteiger partial charge in [0.15, 0.2) is 0 Å². The summed E-state index contributed by atoms with van der Waals surface area (Å²) in [7, 11) is 0. The highest BCUT2D eigenvalue weighted by Gasteiger charge is 2.55. The van der Waals surface area contributed by atoms with Gasteiger partial charge in [0.05, 0.1) is 0 Å². The monoisotopic (exact) mass is 189 g/mol. The van der Waals surface area contributed by atoms with E-state index in [1.54, 1.807) is 0 Å². The summed E-state index contributed by atoms with van der Waals surface area (Å²) in [6.07, 6.45) is 2.71. The van der Waals surface area contributed by atoms with Crippen molar-refractivity contribution in [1.82, 2.24) is 0 Å². The van der Waals surface area contributed by atoms with E-state index in [1.807, 2.05) is 0 Å². The van der Waals surface area contributed by atoms with Gasteiger partial charge >= 0.3 is 0 Å². The van der Waals surface area contributed by atoms with Gasteiger partial charge in [0.1, 0.15) is 0 Å². The molecule has 0 spiro atoms. The lowest BCUT2D eigenvalue weighted by atomic mass is 9.45. The van der Waals surface area contributed by atoms with Crippen LogP contribution in [-0.4, -0.2) is 6.04 Å². The quantitative estimate of drug-likeness (QED) is 0.623. The first-order chi connectivity index (χ1) is 5.03. The van der Waals surface area contributed by atoms with Crippen LogP contribution in [0.2, 0.25) is 0 Å². The van der Waals surface area contributed by atoms with Crippen molar-refractivity contribution in [2.24, 2.45) is 28.9 Å². The van der Waals surface area contributed by atoms with E-state index in [-0.39, 0.29) is 12.4 Å². The average molecular weight is 190 g/mol. The van der Waals surface area contributed by atoms with Crippen LogP contribution in [0.1, 0.15) is 33.6 Å². The first-order valence-corrected chi connectivity index (χ1v) is 4.79. The van der Waals surface area contributed by atoms with Crippen LogP contribution in [0.25, 0.3) is 0 Å². The molecule has 3 aliphatic carbocycles. The molecule has 2 bridgehead atoms. The average Bonchev–Trinajstić information content (AvgIpc) is 1.93. The van der Waals surface area contributed by atoms with Crippen LogP contribution in [-0.2, 0) is 0 Å². The number of rotatable bonds is 0. The fourth-order valence-corrected chi connectivity index (χ4v) is 3.19. The first-order valence-electron chi connectivity index (χ1n) is 4.79. The second-order valence-corrected chi connectivity index (χ2v) is 5.12. The third-order valence-electron chi connectivity index (χ3n) is 4.41. The highest BCUT2D eigenvalue weighted by molar-refractivity contribution is 5.85. The van der Waals surface area contributed by atoms with Crippen LogP contribution in [0.3, 0.4) is 0 Å². The van der Waals surface area contributed by atoms with E-state index in [9.17, 15) is 0 Å². The molecule has 2 N–H and O–H groups in total. The standard InChI is InChI=1S/C10H19N.ClH/c1-6-8-4-7(5-9(6)11)10(8,2)3;/h6-9H,4-5,11H2,1-3H3;1H/t6-,7+,8-,9-;/m0./s1. The molecule has 0 aromatic carbocycles. The summed E-state index contributed by atoms with van der Waals surface area (Å²) < 4.78 is 0. The first kappa shape index (κ1) is 10.3. The molecule has 2 heteroatoms. The largest absolute Gasteiger partial charge is 0.327 e. The molecule has 3 aliphatic rings. The maximum atomic E-state index is 6.02. The molecule has 4 atom stereocenters. The molecule has 72 valence electrons. The van der Waals surface area contributed by atoms with Gasteiger partial charge in [0.2, 0.25) is 0 Å². The molecule has 0 heterocycles. The number of fused-ring (bicyclic) bond motifs is 2. The minimum atomic E-state index is 0.